The second kappa shape index (κ2) is 8.48. The molecule has 0 bridgehead atoms. The molecule has 1 amide bonds. The first-order valence-corrected chi connectivity index (χ1v) is 7.39. The summed E-state index contributed by atoms with van der Waals surface area (Å²) in [5.74, 6) is -1.59. The van der Waals surface area contributed by atoms with Crippen LogP contribution in [0.2, 0.25) is 0 Å². The van der Waals surface area contributed by atoms with Gasteiger partial charge in [0.25, 0.3) is 0 Å². The van der Waals surface area contributed by atoms with Crippen LogP contribution in [0.4, 0.5) is 4.39 Å². The summed E-state index contributed by atoms with van der Waals surface area (Å²) >= 11 is 0. The molecular formula is C16H23FN2O3. The average molecular weight is 310 g/mol. The quantitative estimate of drug-likeness (QED) is 0.688. The fraction of sp³-hybridized carbons (Fsp3) is 0.500. The molecule has 1 aromatic rings. The molecule has 0 aliphatic rings. The molecule has 0 aliphatic heterocycles. The number of hydrogen-bond acceptors (Lipinski definition) is 3. The molecule has 1 aromatic carbocycles. The number of hydrogen-bond donors (Lipinski definition) is 3. The Hall–Kier alpha value is -1.95. The smallest absolute Gasteiger partial charge is 0.320 e. The Morgan fingerprint density at radius 3 is 2.32 bits per heavy atom. The number of carbonyl (C=O) groups excluding carboxylic acids is 1. The summed E-state index contributed by atoms with van der Waals surface area (Å²) in [4.78, 5) is 23.2. The average Bonchev–Trinajstić information content (AvgIpc) is 2.47. The summed E-state index contributed by atoms with van der Waals surface area (Å²) in [7, 11) is 0. The Kier molecular flexibility index (Phi) is 6.98. The second-order valence-corrected chi connectivity index (χ2v) is 5.35. The number of benzene rings is 1. The molecule has 0 heterocycles. The van der Waals surface area contributed by atoms with Gasteiger partial charge in [0, 0.05) is 0 Å². The van der Waals surface area contributed by atoms with Gasteiger partial charge < -0.3 is 10.4 Å². The van der Waals surface area contributed by atoms with Crippen LogP contribution < -0.4 is 10.6 Å². The van der Waals surface area contributed by atoms with Crippen LogP contribution in [0.3, 0.4) is 0 Å². The summed E-state index contributed by atoms with van der Waals surface area (Å²) in [6, 6.07) is 4.22. The minimum absolute atomic E-state index is 0.285. The van der Waals surface area contributed by atoms with Crippen molar-refractivity contribution in [3.8, 4) is 0 Å². The number of halogens is 1. The number of amides is 1. The van der Waals surface area contributed by atoms with Gasteiger partial charge in [-0.15, -0.1) is 0 Å². The van der Waals surface area contributed by atoms with Crippen LogP contribution in [-0.2, 0) is 9.59 Å². The molecule has 3 atom stereocenters. The van der Waals surface area contributed by atoms with E-state index in [0.29, 0.717) is 12.8 Å². The maximum Gasteiger partial charge on any atom is 0.320 e. The Labute approximate surface area is 129 Å². The van der Waals surface area contributed by atoms with Crippen LogP contribution in [0.25, 0.3) is 0 Å². The van der Waals surface area contributed by atoms with E-state index in [9.17, 15) is 14.0 Å². The lowest BCUT2D eigenvalue weighted by molar-refractivity contribution is -0.140. The lowest BCUT2D eigenvalue weighted by Gasteiger charge is -2.22. The predicted octanol–water partition coefficient (Wildman–Crippen LogP) is 2.23. The fourth-order valence-corrected chi connectivity index (χ4v) is 2.12. The number of carbonyl (C=O) groups is 2. The van der Waals surface area contributed by atoms with E-state index in [1.807, 2.05) is 6.92 Å². The molecule has 122 valence electrons. The van der Waals surface area contributed by atoms with Gasteiger partial charge in [0.15, 0.2) is 0 Å². The zero-order valence-corrected chi connectivity index (χ0v) is 13.1. The first-order chi connectivity index (χ1) is 10.3. The maximum absolute atomic E-state index is 12.9. The minimum atomic E-state index is -0.965. The van der Waals surface area contributed by atoms with E-state index in [4.69, 9.17) is 5.11 Å². The second-order valence-electron chi connectivity index (χ2n) is 5.35. The monoisotopic (exact) mass is 310 g/mol. The van der Waals surface area contributed by atoms with Gasteiger partial charge in [0.05, 0.1) is 12.1 Å². The Balaban J connectivity index is 2.59. The molecule has 0 aliphatic carbocycles. The normalized spacial score (nSPS) is 14.9. The van der Waals surface area contributed by atoms with E-state index in [-0.39, 0.29) is 17.8 Å². The van der Waals surface area contributed by atoms with Gasteiger partial charge in [-0.25, -0.2) is 4.39 Å². The fourth-order valence-electron chi connectivity index (χ4n) is 2.12. The van der Waals surface area contributed by atoms with E-state index < -0.39 is 18.1 Å². The van der Waals surface area contributed by atoms with Crippen LogP contribution >= 0.6 is 0 Å². The number of nitrogens with one attached hydrogen (secondary N) is 2. The van der Waals surface area contributed by atoms with Crippen molar-refractivity contribution >= 4 is 11.9 Å². The Bertz CT molecular complexity index is 505. The first kappa shape index (κ1) is 18.1. The lowest BCUT2D eigenvalue weighted by atomic mass is 10.1. The summed E-state index contributed by atoms with van der Waals surface area (Å²) in [6.45, 7) is 5.30. The van der Waals surface area contributed by atoms with Gasteiger partial charge in [-0.2, -0.15) is 0 Å². The van der Waals surface area contributed by atoms with E-state index in [0.717, 1.165) is 5.56 Å². The molecule has 3 unspecified atom stereocenters. The summed E-state index contributed by atoms with van der Waals surface area (Å²) in [5.41, 5.74) is 0.783. The van der Waals surface area contributed by atoms with Gasteiger partial charge >= 0.3 is 5.97 Å². The SMILES string of the molecule is CCCC(NC(C)C(=O)NC(C)c1ccc(F)cc1)C(=O)O. The van der Waals surface area contributed by atoms with Crippen molar-refractivity contribution in [1.29, 1.82) is 0 Å². The van der Waals surface area contributed by atoms with Crippen LogP contribution in [0.15, 0.2) is 24.3 Å². The summed E-state index contributed by atoms with van der Waals surface area (Å²) < 4.78 is 12.9. The van der Waals surface area contributed by atoms with Crippen molar-refractivity contribution < 1.29 is 19.1 Å². The molecule has 6 heteroatoms. The first-order valence-electron chi connectivity index (χ1n) is 7.39. The molecular weight excluding hydrogens is 287 g/mol. The third-order valence-electron chi connectivity index (χ3n) is 3.45. The standard InChI is InChI=1S/C16H23FN2O3/c1-4-5-14(16(21)22)18-11(3)15(20)19-10(2)12-6-8-13(17)9-7-12/h6-11,14,18H,4-5H2,1-3H3,(H,19,20)(H,21,22). The van der Waals surface area contributed by atoms with Crippen molar-refractivity contribution in [3.05, 3.63) is 35.6 Å². The zero-order chi connectivity index (χ0) is 16.7. The van der Waals surface area contributed by atoms with Gasteiger partial charge in [-0.1, -0.05) is 25.5 Å². The highest BCUT2D eigenvalue weighted by Crippen LogP contribution is 2.13. The van der Waals surface area contributed by atoms with E-state index in [1.54, 1.807) is 26.0 Å². The van der Waals surface area contributed by atoms with E-state index in [2.05, 4.69) is 10.6 Å². The molecule has 0 spiro atoms. The highest BCUT2D eigenvalue weighted by Gasteiger charge is 2.23. The molecule has 3 N–H and O–H groups in total. The number of aliphatic carboxylic acids is 1. The van der Waals surface area contributed by atoms with Crippen LogP contribution in [0.1, 0.15) is 45.2 Å². The summed E-state index contributed by atoms with van der Waals surface area (Å²) in [6.07, 6.45) is 1.17. The van der Waals surface area contributed by atoms with E-state index in [1.165, 1.54) is 12.1 Å². The van der Waals surface area contributed by atoms with Crippen molar-refractivity contribution in [1.82, 2.24) is 10.6 Å². The Morgan fingerprint density at radius 2 is 1.82 bits per heavy atom. The van der Waals surface area contributed by atoms with Crippen LogP contribution in [0.5, 0.6) is 0 Å². The molecule has 1 rings (SSSR count). The highest BCUT2D eigenvalue weighted by atomic mass is 19.1. The number of carboxylic acid groups (broad SMARTS) is 1. The van der Waals surface area contributed by atoms with Crippen molar-refractivity contribution in [2.45, 2.75) is 51.7 Å². The zero-order valence-electron chi connectivity index (χ0n) is 13.1. The predicted molar refractivity (Wildman–Crippen MR) is 81.9 cm³/mol. The van der Waals surface area contributed by atoms with Gasteiger partial charge in [0.1, 0.15) is 11.9 Å². The molecule has 0 fully saturated rings. The van der Waals surface area contributed by atoms with E-state index >= 15 is 0 Å². The molecule has 22 heavy (non-hydrogen) atoms. The van der Waals surface area contributed by atoms with Crippen LogP contribution in [-0.4, -0.2) is 29.1 Å². The maximum atomic E-state index is 12.9. The minimum Gasteiger partial charge on any atom is -0.480 e. The highest BCUT2D eigenvalue weighted by molar-refractivity contribution is 5.83. The molecule has 0 saturated carbocycles. The third-order valence-corrected chi connectivity index (χ3v) is 3.45. The van der Waals surface area contributed by atoms with Crippen molar-refractivity contribution in [2.75, 3.05) is 0 Å². The van der Waals surface area contributed by atoms with Crippen LogP contribution in [0, 0.1) is 5.82 Å². The largest absolute Gasteiger partial charge is 0.480 e. The van der Waals surface area contributed by atoms with Gasteiger partial charge in [-0.05, 0) is 38.0 Å². The molecule has 5 nitrogen and oxygen atoms in total. The van der Waals surface area contributed by atoms with Gasteiger partial charge in [-0.3, -0.25) is 14.9 Å². The van der Waals surface area contributed by atoms with Gasteiger partial charge in [0.2, 0.25) is 5.91 Å². The topological polar surface area (TPSA) is 78.4 Å². The third kappa shape index (κ3) is 5.44. The molecule has 0 saturated heterocycles. The molecule has 0 radical (unpaired) electrons. The van der Waals surface area contributed by atoms with Crippen molar-refractivity contribution in [3.63, 3.8) is 0 Å². The number of rotatable bonds is 8. The number of carboxylic acids is 1. The Morgan fingerprint density at radius 1 is 1.23 bits per heavy atom. The lowest BCUT2D eigenvalue weighted by Crippen LogP contribution is -2.49. The summed E-state index contributed by atoms with van der Waals surface area (Å²) in [5, 5.41) is 14.7. The molecule has 0 aromatic heterocycles. The van der Waals surface area contributed by atoms with Crippen molar-refractivity contribution in [2.24, 2.45) is 0 Å².